The highest BCUT2D eigenvalue weighted by atomic mass is 19.3. The van der Waals surface area contributed by atoms with Crippen LogP contribution in [-0.2, 0) is 0 Å². The van der Waals surface area contributed by atoms with Gasteiger partial charge >= 0.3 is 6.61 Å². The van der Waals surface area contributed by atoms with Gasteiger partial charge in [0.2, 0.25) is 0 Å². The van der Waals surface area contributed by atoms with Crippen molar-refractivity contribution >= 4 is 5.91 Å². The second-order valence-corrected chi connectivity index (χ2v) is 5.34. The third kappa shape index (κ3) is 4.44. The molecule has 0 aromatic heterocycles. The lowest BCUT2D eigenvalue weighted by molar-refractivity contribution is -0.0498. The smallest absolute Gasteiger partial charge is 0.387 e. The van der Waals surface area contributed by atoms with Gasteiger partial charge in [0.25, 0.3) is 5.91 Å². The van der Waals surface area contributed by atoms with Crippen LogP contribution in [0.4, 0.5) is 8.78 Å². The molecule has 0 aliphatic heterocycles. The molecule has 0 aliphatic carbocycles. The van der Waals surface area contributed by atoms with Gasteiger partial charge in [0.05, 0.1) is 13.2 Å². The lowest BCUT2D eigenvalue weighted by Crippen LogP contribution is -2.27. The summed E-state index contributed by atoms with van der Waals surface area (Å²) in [5.74, 6) is 0.388. The van der Waals surface area contributed by atoms with Crippen molar-refractivity contribution < 1.29 is 23.0 Å². The van der Waals surface area contributed by atoms with Crippen LogP contribution < -0.4 is 14.8 Å². The summed E-state index contributed by atoms with van der Waals surface area (Å²) in [5.41, 5.74) is 2.28. The van der Waals surface area contributed by atoms with Gasteiger partial charge in [-0.2, -0.15) is 8.78 Å². The minimum absolute atomic E-state index is 0.00921. The first-order valence-electron chi connectivity index (χ1n) is 7.41. The predicted octanol–water partition coefficient (Wildman–Crippen LogP) is 4.10. The Hall–Kier alpha value is -2.63. The fourth-order valence-corrected chi connectivity index (χ4v) is 2.34. The van der Waals surface area contributed by atoms with Crippen molar-refractivity contribution in [2.24, 2.45) is 0 Å². The molecule has 6 heteroatoms. The van der Waals surface area contributed by atoms with Crippen LogP contribution in [0.2, 0.25) is 0 Å². The minimum Gasteiger partial charge on any atom is -0.496 e. The number of methoxy groups -OCH3 is 1. The number of alkyl halides is 2. The van der Waals surface area contributed by atoms with Gasteiger partial charge in [0.1, 0.15) is 11.5 Å². The molecule has 0 bridgehead atoms. The maximum atomic E-state index is 12.3. The van der Waals surface area contributed by atoms with Gasteiger partial charge in [-0.3, -0.25) is 4.79 Å². The maximum Gasteiger partial charge on any atom is 0.387 e. The van der Waals surface area contributed by atoms with E-state index < -0.39 is 6.61 Å². The summed E-state index contributed by atoms with van der Waals surface area (Å²) in [6.45, 7) is 0.918. The molecule has 4 nitrogen and oxygen atoms in total. The van der Waals surface area contributed by atoms with E-state index in [0.29, 0.717) is 11.3 Å². The minimum atomic E-state index is -2.89. The fraction of sp³-hybridized carbons (Fsp3) is 0.278. The number of halogens is 2. The van der Waals surface area contributed by atoms with Crippen LogP contribution in [0, 0.1) is 6.92 Å². The van der Waals surface area contributed by atoms with Gasteiger partial charge in [0.15, 0.2) is 0 Å². The highest BCUT2D eigenvalue weighted by molar-refractivity contribution is 5.94. The van der Waals surface area contributed by atoms with Crippen molar-refractivity contribution in [1.29, 1.82) is 0 Å². The summed E-state index contributed by atoms with van der Waals surface area (Å²) >= 11 is 0. The first kappa shape index (κ1) is 17.7. The molecular formula is C18H19F2NO3. The predicted molar refractivity (Wildman–Crippen MR) is 86.7 cm³/mol. The summed E-state index contributed by atoms with van der Waals surface area (Å²) in [6, 6.07) is 11.0. The molecule has 0 saturated heterocycles. The van der Waals surface area contributed by atoms with E-state index in [0.717, 1.165) is 11.1 Å². The van der Waals surface area contributed by atoms with Crippen LogP contribution in [0.15, 0.2) is 42.5 Å². The molecule has 1 amide bonds. The van der Waals surface area contributed by atoms with Crippen LogP contribution in [0.3, 0.4) is 0 Å². The molecule has 128 valence electrons. The quantitative estimate of drug-likeness (QED) is 0.865. The van der Waals surface area contributed by atoms with Gasteiger partial charge in [0, 0.05) is 11.1 Å². The number of benzene rings is 2. The molecule has 1 unspecified atom stereocenters. The van der Waals surface area contributed by atoms with Gasteiger partial charge in [-0.15, -0.1) is 0 Å². The average molecular weight is 335 g/mol. The third-order valence-electron chi connectivity index (χ3n) is 3.54. The maximum absolute atomic E-state index is 12.3. The van der Waals surface area contributed by atoms with E-state index in [-0.39, 0.29) is 17.7 Å². The van der Waals surface area contributed by atoms with Gasteiger partial charge in [-0.1, -0.05) is 17.7 Å². The molecule has 0 aliphatic rings. The Kier molecular flexibility index (Phi) is 5.73. The van der Waals surface area contributed by atoms with E-state index in [1.807, 2.05) is 32.0 Å². The molecule has 2 aromatic carbocycles. The van der Waals surface area contributed by atoms with Crippen LogP contribution in [-0.4, -0.2) is 19.6 Å². The molecule has 0 fully saturated rings. The van der Waals surface area contributed by atoms with Gasteiger partial charge < -0.3 is 14.8 Å². The largest absolute Gasteiger partial charge is 0.496 e. The summed E-state index contributed by atoms with van der Waals surface area (Å²) in [6.07, 6.45) is 0. The lowest BCUT2D eigenvalue weighted by Gasteiger charge is -2.18. The van der Waals surface area contributed by atoms with Crippen molar-refractivity contribution in [3.05, 3.63) is 59.2 Å². The monoisotopic (exact) mass is 335 g/mol. The normalized spacial score (nSPS) is 11.9. The highest BCUT2D eigenvalue weighted by Crippen LogP contribution is 2.26. The van der Waals surface area contributed by atoms with Gasteiger partial charge in [-0.25, -0.2) is 0 Å². The Morgan fingerprint density at radius 3 is 2.38 bits per heavy atom. The zero-order valence-corrected chi connectivity index (χ0v) is 13.7. The van der Waals surface area contributed by atoms with Gasteiger partial charge in [-0.05, 0) is 44.2 Å². The van der Waals surface area contributed by atoms with Crippen LogP contribution in [0.5, 0.6) is 11.5 Å². The molecule has 2 rings (SSSR count). The molecule has 1 atom stereocenters. The van der Waals surface area contributed by atoms with Crippen molar-refractivity contribution in [1.82, 2.24) is 5.32 Å². The number of ether oxygens (including phenoxy) is 2. The Bertz CT molecular complexity index is 702. The number of rotatable bonds is 6. The zero-order chi connectivity index (χ0) is 17.7. The fourth-order valence-electron chi connectivity index (χ4n) is 2.34. The van der Waals surface area contributed by atoms with Crippen molar-refractivity contribution in [2.45, 2.75) is 26.5 Å². The van der Waals surface area contributed by atoms with E-state index >= 15 is 0 Å². The number of carbonyl (C=O) groups excluding carboxylic acids is 1. The number of hydrogen-bond donors (Lipinski definition) is 1. The third-order valence-corrected chi connectivity index (χ3v) is 3.54. The Morgan fingerprint density at radius 2 is 1.79 bits per heavy atom. The Balaban J connectivity index is 2.10. The summed E-state index contributed by atoms with van der Waals surface area (Å²) in [4.78, 5) is 12.3. The van der Waals surface area contributed by atoms with Crippen LogP contribution in [0.25, 0.3) is 0 Å². The van der Waals surface area contributed by atoms with E-state index in [2.05, 4.69) is 10.1 Å². The van der Waals surface area contributed by atoms with E-state index in [9.17, 15) is 13.6 Å². The number of carbonyl (C=O) groups is 1. The number of aryl methyl sites for hydroxylation is 1. The first-order chi connectivity index (χ1) is 11.4. The molecule has 0 spiro atoms. The standard InChI is InChI=1S/C18H19F2NO3/c1-11-4-9-16(23-3)15(10-11)12(2)21-17(22)13-5-7-14(8-6-13)24-18(19)20/h4-10,12,18H,1-3H3,(H,21,22). The second-order valence-electron chi connectivity index (χ2n) is 5.34. The molecule has 24 heavy (non-hydrogen) atoms. The number of amides is 1. The summed E-state index contributed by atoms with van der Waals surface area (Å²) in [7, 11) is 1.57. The van der Waals surface area contributed by atoms with Crippen molar-refractivity contribution in [2.75, 3.05) is 7.11 Å². The summed E-state index contributed by atoms with van der Waals surface area (Å²) in [5, 5.41) is 2.87. The topological polar surface area (TPSA) is 47.6 Å². The zero-order valence-electron chi connectivity index (χ0n) is 13.7. The van der Waals surface area contributed by atoms with Crippen LogP contribution in [0.1, 0.15) is 34.5 Å². The van der Waals surface area contributed by atoms with Crippen molar-refractivity contribution in [3.63, 3.8) is 0 Å². The number of hydrogen-bond acceptors (Lipinski definition) is 3. The molecular weight excluding hydrogens is 316 g/mol. The average Bonchev–Trinajstić information content (AvgIpc) is 2.54. The second kappa shape index (κ2) is 7.77. The van der Waals surface area contributed by atoms with E-state index in [4.69, 9.17) is 4.74 Å². The Labute approximate surface area is 139 Å². The molecule has 0 radical (unpaired) electrons. The van der Waals surface area contributed by atoms with Crippen LogP contribution >= 0.6 is 0 Å². The SMILES string of the molecule is COc1ccc(C)cc1C(C)NC(=O)c1ccc(OC(F)F)cc1. The molecule has 2 aromatic rings. The first-order valence-corrected chi connectivity index (χ1v) is 7.41. The number of nitrogens with one attached hydrogen (secondary N) is 1. The molecule has 0 saturated carbocycles. The molecule has 0 heterocycles. The Morgan fingerprint density at radius 1 is 1.12 bits per heavy atom. The van der Waals surface area contributed by atoms with E-state index in [1.165, 1.54) is 24.3 Å². The molecule has 1 N–H and O–H groups in total. The lowest BCUT2D eigenvalue weighted by atomic mass is 10.0. The highest BCUT2D eigenvalue weighted by Gasteiger charge is 2.15. The van der Waals surface area contributed by atoms with Crippen molar-refractivity contribution in [3.8, 4) is 11.5 Å². The van der Waals surface area contributed by atoms with E-state index in [1.54, 1.807) is 7.11 Å². The summed E-state index contributed by atoms with van der Waals surface area (Å²) < 4.78 is 33.8.